The molecule has 23 heavy (non-hydrogen) atoms. The number of benzene rings is 1. The summed E-state index contributed by atoms with van der Waals surface area (Å²) in [5.74, 6) is 1.69. The first kappa shape index (κ1) is 13.4. The van der Waals surface area contributed by atoms with Crippen molar-refractivity contribution in [2.45, 2.75) is 0 Å². The van der Waals surface area contributed by atoms with Gasteiger partial charge in [-0.2, -0.15) is 4.98 Å². The molecule has 0 unspecified atom stereocenters. The van der Waals surface area contributed by atoms with E-state index in [-0.39, 0.29) is 0 Å². The van der Waals surface area contributed by atoms with Gasteiger partial charge in [0.2, 0.25) is 5.82 Å². The van der Waals surface area contributed by atoms with E-state index in [0.29, 0.717) is 17.4 Å². The lowest BCUT2D eigenvalue weighted by molar-refractivity contribution is 0.415. The maximum atomic E-state index is 5.30. The highest BCUT2D eigenvalue weighted by Crippen LogP contribution is 2.24. The Bertz CT molecular complexity index is 967. The Morgan fingerprint density at radius 3 is 2.65 bits per heavy atom. The van der Waals surface area contributed by atoms with Crippen LogP contribution in [0.3, 0.4) is 0 Å². The van der Waals surface area contributed by atoms with Gasteiger partial charge in [0, 0.05) is 23.3 Å². The summed E-state index contributed by atoms with van der Waals surface area (Å²) in [5, 5.41) is 5.00. The van der Waals surface area contributed by atoms with Crippen molar-refractivity contribution < 1.29 is 9.26 Å². The second-order valence-corrected chi connectivity index (χ2v) is 4.91. The number of aromatic nitrogens is 4. The molecule has 6 nitrogen and oxygen atoms in total. The van der Waals surface area contributed by atoms with E-state index in [1.165, 1.54) is 0 Å². The Morgan fingerprint density at radius 2 is 1.83 bits per heavy atom. The average Bonchev–Trinajstić information content (AvgIpc) is 3.11. The summed E-state index contributed by atoms with van der Waals surface area (Å²) >= 11 is 0. The van der Waals surface area contributed by atoms with Crippen LogP contribution in [0.15, 0.2) is 59.4 Å². The van der Waals surface area contributed by atoms with Crippen LogP contribution in [0, 0.1) is 0 Å². The zero-order valence-electron chi connectivity index (χ0n) is 12.3. The van der Waals surface area contributed by atoms with Crippen LogP contribution in [-0.4, -0.2) is 27.2 Å². The molecule has 0 spiro atoms. The number of hydrogen-bond acceptors (Lipinski definition) is 6. The van der Waals surface area contributed by atoms with Gasteiger partial charge in [-0.15, -0.1) is 0 Å². The molecule has 0 saturated carbocycles. The van der Waals surface area contributed by atoms with Gasteiger partial charge in [0.25, 0.3) is 5.89 Å². The fourth-order valence-electron chi connectivity index (χ4n) is 2.29. The van der Waals surface area contributed by atoms with E-state index in [4.69, 9.17) is 9.26 Å². The molecule has 0 radical (unpaired) electrons. The molecule has 0 amide bonds. The van der Waals surface area contributed by atoms with Crippen LogP contribution < -0.4 is 4.74 Å². The molecule has 112 valence electrons. The Kier molecular flexibility index (Phi) is 3.20. The summed E-state index contributed by atoms with van der Waals surface area (Å²) in [6.45, 7) is 0. The van der Waals surface area contributed by atoms with Crippen molar-refractivity contribution >= 4 is 10.9 Å². The van der Waals surface area contributed by atoms with Crippen molar-refractivity contribution in [3.05, 3.63) is 54.9 Å². The molecule has 4 aromatic rings. The predicted octanol–water partition coefficient (Wildman–Crippen LogP) is 3.36. The Morgan fingerprint density at radius 1 is 0.957 bits per heavy atom. The van der Waals surface area contributed by atoms with Crippen LogP contribution in [-0.2, 0) is 0 Å². The third-order valence-corrected chi connectivity index (χ3v) is 3.48. The lowest BCUT2D eigenvalue weighted by atomic mass is 10.2. The van der Waals surface area contributed by atoms with Gasteiger partial charge >= 0.3 is 0 Å². The quantitative estimate of drug-likeness (QED) is 0.578. The third kappa shape index (κ3) is 2.50. The molecule has 0 aliphatic carbocycles. The van der Waals surface area contributed by atoms with Gasteiger partial charge in [-0.1, -0.05) is 11.2 Å². The first-order valence-corrected chi connectivity index (χ1v) is 7.03. The molecule has 0 aliphatic heterocycles. The zero-order chi connectivity index (χ0) is 15.6. The van der Waals surface area contributed by atoms with E-state index in [1.54, 1.807) is 19.5 Å². The fraction of sp³-hybridized carbons (Fsp3) is 0.0588. The van der Waals surface area contributed by atoms with Gasteiger partial charge in [0.05, 0.1) is 12.6 Å². The largest absolute Gasteiger partial charge is 0.497 e. The van der Waals surface area contributed by atoms with Gasteiger partial charge in [-0.3, -0.25) is 4.98 Å². The van der Waals surface area contributed by atoms with Crippen LogP contribution >= 0.6 is 0 Å². The smallest absolute Gasteiger partial charge is 0.258 e. The molecule has 3 heterocycles. The summed E-state index contributed by atoms with van der Waals surface area (Å²) in [5.41, 5.74) is 2.33. The summed E-state index contributed by atoms with van der Waals surface area (Å²) in [4.78, 5) is 12.9. The first-order chi connectivity index (χ1) is 11.3. The number of hydrogen-bond donors (Lipinski definition) is 0. The van der Waals surface area contributed by atoms with Crippen molar-refractivity contribution in [1.29, 1.82) is 0 Å². The van der Waals surface area contributed by atoms with E-state index in [9.17, 15) is 0 Å². The molecule has 0 fully saturated rings. The van der Waals surface area contributed by atoms with Gasteiger partial charge < -0.3 is 9.26 Å². The third-order valence-electron chi connectivity index (χ3n) is 3.48. The van der Waals surface area contributed by atoms with Crippen molar-refractivity contribution in [1.82, 2.24) is 20.1 Å². The number of pyridine rings is 2. The maximum Gasteiger partial charge on any atom is 0.258 e. The van der Waals surface area contributed by atoms with Gasteiger partial charge in [-0.25, -0.2) is 4.98 Å². The van der Waals surface area contributed by atoms with Crippen molar-refractivity contribution in [3.63, 3.8) is 0 Å². The van der Waals surface area contributed by atoms with Crippen LogP contribution in [0.5, 0.6) is 5.75 Å². The van der Waals surface area contributed by atoms with Crippen LogP contribution in [0.4, 0.5) is 0 Å². The zero-order valence-corrected chi connectivity index (χ0v) is 12.3. The van der Waals surface area contributed by atoms with Crippen LogP contribution in [0.25, 0.3) is 33.9 Å². The normalized spacial score (nSPS) is 10.8. The Balaban J connectivity index is 1.73. The summed E-state index contributed by atoms with van der Waals surface area (Å²) < 4.78 is 10.5. The average molecular weight is 304 g/mol. The topological polar surface area (TPSA) is 73.9 Å². The van der Waals surface area contributed by atoms with Crippen molar-refractivity contribution in [2.24, 2.45) is 0 Å². The minimum absolute atomic E-state index is 0.444. The molecule has 6 heteroatoms. The lowest BCUT2D eigenvalue weighted by Crippen LogP contribution is -1.88. The van der Waals surface area contributed by atoms with E-state index in [2.05, 4.69) is 20.1 Å². The van der Waals surface area contributed by atoms with E-state index in [0.717, 1.165) is 22.2 Å². The molecule has 0 saturated heterocycles. The van der Waals surface area contributed by atoms with Crippen LogP contribution in [0.1, 0.15) is 0 Å². The fourth-order valence-corrected chi connectivity index (χ4v) is 2.29. The van der Waals surface area contributed by atoms with E-state index in [1.807, 2.05) is 42.5 Å². The minimum Gasteiger partial charge on any atom is -0.497 e. The molecule has 3 aromatic heterocycles. The van der Waals surface area contributed by atoms with Gasteiger partial charge in [0.1, 0.15) is 11.4 Å². The molecular weight excluding hydrogens is 292 g/mol. The van der Waals surface area contributed by atoms with Gasteiger partial charge in [-0.05, 0) is 36.4 Å². The Labute approximate surface area is 131 Å². The number of methoxy groups -OCH3 is 1. The molecule has 1 aromatic carbocycles. The SMILES string of the molecule is COc1ccc2nc(-c3noc(-c4ccncc4)n3)ccc2c1. The summed E-state index contributed by atoms with van der Waals surface area (Å²) in [6, 6.07) is 13.2. The minimum atomic E-state index is 0.444. The Hall–Kier alpha value is -3.28. The molecular formula is C17H12N4O2. The highest BCUT2D eigenvalue weighted by molar-refractivity contribution is 5.82. The molecule has 0 bridgehead atoms. The van der Waals surface area contributed by atoms with E-state index >= 15 is 0 Å². The number of rotatable bonds is 3. The number of nitrogens with zero attached hydrogens (tertiary/aromatic N) is 4. The number of fused-ring (bicyclic) bond motifs is 1. The molecule has 4 rings (SSSR count). The standard InChI is InChI=1S/C17H12N4O2/c1-22-13-3-5-14-12(10-13)2-4-15(19-14)16-20-17(23-21-16)11-6-8-18-9-7-11/h2-10H,1H3. The second kappa shape index (κ2) is 5.49. The van der Waals surface area contributed by atoms with E-state index < -0.39 is 0 Å². The lowest BCUT2D eigenvalue weighted by Gasteiger charge is -2.02. The molecule has 0 N–H and O–H groups in total. The van der Waals surface area contributed by atoms with Crippen LogP contribution in [0.2, 0.25) is 0 Å². The number of ether oxygens (including phenoxy) is 1. The van der Waals surface area contributed by atoms with Crippen molar-refractivity contribution in [3.8, 4) is 28.7 Å². The highest BCUT2D eigenvalue weighted by Gasteiger charge is 2.12. The van der Waals surface area contributed by atoms with Crippen molar-refractivity contribution in [2.75, 3.05) is 7.11 Å². The summed E-state index contributed by atoms with van der Waals surface area (Å²) in [7, 11) is 1.64. The summed E-state index contributed by atoms with van der Waals surface area (Å²) in [6.07, 6.45) is 3.36. The molecule has 0 atom stereocenters. The monoisotopic (exact) mass is 304 g/mol. The maximum absolute atomic E-state index is 5.30. The second-order valence-electron chi connectivity index (χ2n) is 4.91. The predicted molar refractivity (Wildman–Crippen MR) is 84.8 cm³/mol. The molecule has 0 aliphatic rings. The highest BCUT2D eigenvalue weighted by atomic mass is 16.5. The van der Waals surface area contributed by atoms with Gasteiger partial charge in [0.15, 0.2) is 0 Å². The first-order valence-electron chi connectivity index (χ1n) is 7.03.